The van der Waals surface area contributed by atoms with Crippen LogP contribution < -0.4 is 5.73 Å². The number of benzene rings is 1. The SMILES string of the molecule is Cl.Nc1cccc(CN2CCCOCC2)c1. The third-order valence-corrected chi connectivity index (χ3v) is 2.67. The molecule has 0 bridgehead atoms. The molecule has 1 aromatic carbocycles. The summed E-state index contributed by atoms with van der Waals surface area (Å²) in [7, 11) is 0. The fourth-order valence-corrected chi connectivity index (χ4v) is 1.91. The maximum absolute atomic E-state index is 5.75. The maximum atomic E-state index is 5.75. The quantitative estimate of drug-likeness (QED) is 0.806. The molecule has 3 nitrogen and oxygen atoms in total. The molecule has 0 spiro atoms. The molecule has 1 heterocycles. The Kier molecular flexibility index (Phi) is 5.60. The Labute approximate surface area is 103 Å². The van der Waals surface area contributed by atoms with Crippen LogP contribution >= 0.6 is 12.4 Å². The first-order valence-corrected chi connectivity index (χ1v) is 5.49. The minimum Gasteiger partial charge on any atom is -0.399 e. The van der Waals surface area contributed by atoms with Crippen LogP contribution in [0.2, 0.25) is 0 Å². The molecule has 0 unspecified atom stereocenters. The molecule has 1 saturated heterocycles. The molecular formula is C12H19ClN2O. The lowest BCUT2D eigenvalue weighted by molar-refractivity contribution is 0.140. The van der Waals surface area contributed by atoms with Gasteiger partial charge in [-0.1, -0.05) is 12.1 Å². The van der Waals surface area contributed by atoms with Gasteiger partial charge in [0.2, 0.25) is 0 Å². The molecule has 2 rings (SSSR count). The molecule has 0 aliphatic carbocycles. The van der Waals surface area contributed by atoms with Crippen molar-refractivity contribution < 1.29 is 4.74 Å². The summed E-state index contributed by atoms with van der Waals surface area (Å²) in [5.41, 5.74) is 7.89. The standard InChI is InChI=1S/C12H18N2O.ClH/c13-12-4-1-3-11(9-12)10-14-5-2-7-15-8-6-14;/h1,3-4,9H,2,5-8,10,13H2;1H. The van der Waals surface area contributed by atoms with Crippen LogP contribution in [0.3, 0.4) is 0 Å². The third-order valence-electron chi connectivity index (χ3n) is 2.67. The molecular weight excluding hydrogens is 224 g/mol. The lowest BCUT2D eigenvalue weighted by Crippen LogP contribution is -2.25. The molecule has 1 aliphatic heterocycles. The van der Waals surface area contributed by atoms with E-state index in [1.165, 1.54) is 5.56 Å². The third kappa shape index (κ3) is 4.00. The normalized spacial score (nSPS) is 17.5. The maximum Gasteiger partial charge on any atom is 0.0593 e. The highest BCUT2D eigenvalue weighted by Gasteiger charge is 2.09. The smallest absolute Gasteiger partial charge is 0.0593 e. The summed E-state index contributed by atoms with van der Waals surface area (Å²) in [6.45, 7) is 4.87. The van der Waals surface area contributed by atoms with Gasteiger partial charge in [-0.15, -0.1) is 12.4 Å². The van der Waals surface area contributed by atoms with Gasteiger partial charge in [0.15, 0.2) is 0 Å². The zero-order valence-electron chi connectivity index (χ0n) is 9.39. The molecule has 0 saturated carbocycles. The number of hydrogen-bond acceptors (Lipinski definition) is 3. The predicted octanol–water partition coefficient (Wildman–Crippen LogP) is 1.91. The van der Waals surface area contributed by atoms with Crippen LogP contribution in [0.15, 0.2) is 24.3 Å². The van der Waals surface area contributed by atoms with Gasteiger partial charge in [-0.25, -0.2) is 0 Å². The van der Waals surface area contributed by atoms with Crippen LogP contribution in [-0.4, -0.2) is 31.2 Å². The van der Waals surface area contributed by atoms with E-state index in [0.717, 1.165) is 45.0 Å². The highest BCUT2D eigenvalue weighted by atomic mass is 35.5. The number of ether oxygens (including phenoxy) is 1. The molecule has 2 N–H and O–H groups in total. The second kappa shape index (κ2) is 6.74. The van der Waals surface area contributed by atoms with E-state index in [0.29, 0.717) is 0 Å². The van der Waals surface area contributed by atoms with E-state index in [4.69, 9.17) is 10.5 Å². The molecule has 1 aromatic rings. The van der Waals surface area contributed by atoms with Crippen LogP contribution in [0.25, 0.3) is 0 Å². The Balaban J connectivity index is 0.00000128. The first-order chi connectivity index (χ1) is 7.34. The van der Waals surface area contributed by atoms with Gasteiger partial charge < -0.3 is 10.5 Å². The van der Waals surface area contributed by atoms with E-state index in [1.807, 2.05) is 18.2 Å². The van der Waals surface area contributed by atoms with Gasteiger partial charge in [0.25, 0.3) is 0 Å². The number of hydrogen-bond donors (Lipinski definition) is 1. The van der Waals surface area contributed by atoms with E-state index in [2.05, 4.69) is 11.0 Å². The molecule has 0 radical (unpaired) electrons. The summed E-state index contributed by atoms with van der Waals surface area (Å²) in [4.78, 5) is 2.42. The number of anilines is 1. The minimum absolute atomic E-state index is 0. The molecule has 90 valence electrons. The van der Waals surface area contributed by atoms with Gasteiger partial charge in [-0.2, -0.15) is 0 Å². The Hall–Kier alpha value is -0.770. The summed E-state index contributed by atoms with van der Waals surface area (Å²) in [5.74, 6) is 0. The van der Waals surface area contributed by atoms with Crippen molar-refractivity contribution in [2.45, 2.75) is 13.0 Å². The Morgan fingerprint density at radius 3 is 2.94 bits per heavy atom. The van der Waals surface area contributed by atoms with Gasteiger partial charge >= 0.3 is 0 Å². The Morgan fingerprint density at radius 2 is 2.12 bits per heavy atom. The highest BCUT2D eigenvalue weighted by molar-refractivity contribution is 5.85. The topological polar surface area (TPSA) is 38.5 Å². The molecule has 16 heavy (non-hydrogen) atoms. The van der Waals surface area contributed by atoms with Crippen molar-refractivity contribution in [3.8, 4) is 0 Å². The molecule has 0 amide bonds. The van der Waals surface area contributed by atoms with Gasteiger partial charge in [0, 0.05) is 31.9 Å². The second-order valence-electron chi connectivity index (χ2n) is 3.99. The van der Waals surface area contributed by atoms with Crippen molar-refractivity contribution in [3.05, 3.63) is 29.8 Å². The van der Waals surface area contributed by atoms with Crippen LogP contribution in [0.5, 0.6) is 0 Å². The van der Waals surface area contributed by atoms with Gasteiger partial charge in [0.1, 0.15) is 0 Å². The number of nitrogens with two attached hydrogens (primary N) is 1. The Bertz CT molecular complexity index is 312. The summed E-state index contributed by atoms with van der Waals surface area (Å²) in [6, 6.07) is 8.11. The van der Waals surface area contributed by atoms with Crippen molar-refractivity contribution in [1.29, 1.82) is 0 Å². The van der Waals surface area contributed by atoms with E-state index in [9.17, 15) is 0 Å². The van der Waals surface area contributed by atoms with Crippen molar-refractivity contribution in [3.63, 3.8) is 0 Å². The lowest BCUT2D eigenvalue weighted by atomic mass is 10.2. The van der Waals surface area contributed by atoms with Crippen molar-refractivity contribution in [2.75, 3.05) is 32.0 Å². The molecule has 0 aromatic heterocycles. The number of halogens is 1. The first-order valence-electron chi connectivity index (χ1n) is 5.49. The van der Waals surface area contributed by atoms with Gasteiger partial charge in [-0.3, -0.25) is 4.90 Å². The van der Waals surface area contributed by atoms with Crippen LogP contribution in [0.4, 0.5) is 5.69 Å². The van der Waals surface area contributed by atoms with Crippen LogP contribution in [0.1, 0.15) is 12.0 Å². The van der Waals surface area contributed by atoms with Gasteiger partial charge in [0.05, 0.1) is 6.61 Å². The Morgan fingerprint density at radius 1 is 1.25 bits per heavy atom. The summed E-state index contributed by atoms with van der Waals surface area (Å²) < 4.78 is 5.42. The lowest BCUT2D eigenvalue weighted by Gasteiger charge is -2.19. The molecule has 1 aliphatic rings. The number of nitrogen functional groups attached to an aromatic ring is 1. The summed E-state index contributed by atoms with van der Waals surface area (Å²) >= 11 is 0. The van der Waals surface area contributed by atoms with E-state index < -0.39 is 0 Å². The van der Waals surface area contributed by atoms with Crippen molar-refractivity contribution in [2.24, 2.45) is 0 Å². The van der Waals surface area contributed by atoms with Gasteiger partial charge in [-0.05, 0) is 24.1 Å². The summed E-state index contributed by atoms with van der Waals surface area (Å²) in [6.07, 6.45) is 1.13. The van der Waals surface area contributed by atoms with E-state index in [-0.39, 0.29) is 12.4 Å². The van der Waals surface area contributed by atoms with Crippen molar-refractivity contribution >= 4 is 18.1 Å². The van der Waals surface area contributed by atoms with E-state index >= 15 is 0 Å². The molecule has 4 heteroatoms. The highest BCUT2D eigenvalue weighted by Crippen LogP contribution is 2.10. The average molecular weight is 243 g/mol. The van der Waals surface area contributed by atoms with E-state index in [1.54, 1.807) is 0 Å². The molecule has 1 fully saturated rings. The number of nitrogens with zero attached hydrogens (tertiary/aromatic N) is 1. The average Bonchev–Trinajstić information content (AvgIpc) is 2.46. The first kappa shape index (κ1) is 13.3. The fraction of sp³-hybridized carbons (Fsp3) is 0.500. The zero-order chi connectivity index (χ0) is 10.5. The van der Waals surface area contributed by atoms with Crippen LogP contribution in [0, 0.1) is 0 Å². The monoisotopic (exact) mass is 242 g/mol. The van der Waals surface area contributed by atoms with Crippen LogP contribution in [-0.2, 0) is 11.3 Å². The minimum atomic E-state index is 0. The zero-order valence-corrected chi connectivity index (χ0v) is 10.2. The second-order valence-corrected chi connectivity index (χ2v) is 3.99. The van der Waals surface area contributed by atoms with Crippen molar-refractivity contribution in [1.82, 2.24) is 4.90 Å². The summed E-state index contributed by atoms with van der Waals surface area (Å²) in [5, 5.41) is 0. The fourth-order valence-electron chi connectivity index (χ4n) is 1.91. The predicted molar refractivity (Wildman–Crippen MR) is 68.8 cm³/mol. The molecule has 0 atom stereocenters. The largest absolute Gasteiger partial charge is 0.399 e. The number of rotatable bonds is 2.